The highest BCUT2D eigenvalue weighted by molar-refractivity contribution is 7.93. The summed E-state index contributed by atoms with van der Waals surface area (Å²) < 4.78 is 15.4. The number of aryl methyl sites for hydroxylation is 1. The molecule has 0 N–H and O–H groups in total. The van der Waals surface area contributed by atoms with Crippen LogP contribution in [0.25, 0.3) is 0 Å². The van der Waals surface area contributed by atoms with Crippen molar-refractivity contribution in [2.24, 2.45) is 4.36 Å². The number of rotatable bonds is 2. The zero-order valence-electron chi connectivity index (χ0n) is 8.97. The Morgan fingerprint density at radius 1 is 1.60 bits per heavy atom. The zero-order chi connectivity index (χ0) is 11.5. The van der Waals surface area contributed by atoms with E-state index in [1.165, 1.54) is 6.26 Å². The second-order valence-corrected chi connectivity index (χ2v) is 6.04. The minimum Gasteiger partial charge on any atom is -0.261 e. The summed E-state index contributed by atoms with van der Waals surface area (Å²) in [4.78, 5) is 4.12. The lowest BCUT2D eigenvalue weighted by Gasteiger charge is -2.12. The monoisotopic (exact) mass is 223 g/mol. The summed E-state index contributed by atoms with van der Waals surface area (Å²) in [6.07, 6.45) is 4.76. The highest BCUT2D eigenvalue weighted by atomic mass is 32.2. The van der Waals surface area contributed by atoms with Crippen molar-refractivity contribution in [3.63, 3.8) is 0 Å². The van der Waals surface area contributed by atoms with Crippen LogP contribution in [0.4, 0.5) is 0 Å². The Morgan fingerprint density at radius 3 is 2.73 bits per heavy atom. The molecule has 1 aromatic heterocycles. The molecule has 0 spiro atoms. The van der Waals surface area contributed by atoms with Gasteiger partial charge in [-0.1, -0.05) is 6.07 Å². The second-order valence-electron chi connectivity index (χ2n) is 3.43. The Labute approximate surface area is 90.1 Å². The molecule has 0 saturated heterocycles. The first-order valence-electron chi connectivity index (χ1n) is 4.49. The van der Waals surface area contributed by atoms with Gasteiger partial charge in [-0.15, -0.1) is 4.36 Å². The van der Waals surface area contributed by atoms with Crippen LogP contribution in [0.2, 0.25) is 0 Å². The van der Waals surface area contributed by atoms with Crippen molar-refractivity contribution < 1.29 is 4.21 Å². The molecule has 0 aromatic carbocycles. The van der Waals surface area contributed by atoms with Crippen LogP contribution in [0.1, 0.15) is 23.4 Å². The molecule has 5 heteroatoms. The molecule has 4 nitrogen and oxygen atoms in total. The Kier molecular flexibility index (Phi) is 3.43. The largest absolute Gasteiger partial charge is 0.261 e. The molecule has 0 aliphatic rings. The van der Waals surface area contributed by atoms with Crippen LogP contribution in [-0.2, 0) is 9.73 Å². The van der Waals surface area contributed by atoms with Crippen molar-refractivity contribution in [2.75, 3.05) is 6.26 Å². The van der Waals surface area contributed by atoms with Gasteiger partial charge < -0.3 is 0 Å². The lowest BCUT2D eigenvalue weighted by atomic mass is 10.2. The highest BCUT2D eigenvalue weighted by Crippen LogP contribution is 2.21. The molecule has 0 radical (unpaired) electrons. The van der Waals surface area contributed by atoms with Gasteiger partial charge in [0.05, 0.1) is 15.0 Å². The van der Waals surface area contributed by atoms with E-state index in [-0.39, 0.29) is 5.25 Å². The van der Waals surface area contributed by atoms with E-state index in [1.807, 2.05) is 19.1 Å². The van der Waals surface area contributed by atoms with Crippen molar-refractivity contribution in [1.29, 1.82) is 5.26 Å². The van der Waals surface area contributed by atoms with E-state index in [9.17, 15) is 4.21 Å². The molecule has 0 fully saturated rings. The summed E-state index contributed by atoms with van der Waals surface area (Å²) >= 11 is 0. The van der Waals surface area contributed by atoms with Crippen LogP contribution in [0.5, 0.6) is 0 Å². The first kappa shape index (κ1) is 11.7. The number of nitriles is 1. The van der Waals surface area contributed by atoms with Gasteiger partial charge in [0.15, 0.2) is 0 Å². The maximum absolute atomic E-state index is 12.0. The van der Waals surface area contributed by atoms with Crippen LogP contribution in [-0.4, -0.2) is 15.4 Å². The van der Waals surface area contributed by atoms with E-state index in [0.717, 1.165) is 11.3 Å². The number of hydrogen-bond donors (Lipinski definition) is 0. The summed E-state index contributed by atoms with van der Waals surface area (Å²) in [6, 6.07) is 3.72. The Hall–Kier alpha value is -1.41. The van der Waals surface area contributed by atoms with Crippen LogP contribution in [0.3, 0.4) is 0 Å². The highest BCUT2D eigenvalue weighted by Gasteiger charge is 2.15. The Bertz CT molecular complexity index is 492. The SMILES string of the molecule is Cc1ccc([C@H](C)S(C)(=O)=NC#N)cn1. The van der Waals surface area contributed by atoms with Crippen LogP contribution in [0, 0.1) is 18.4 Å². The minimum absolute atomic E-state index is 0.287. The van der Waals surface area contributed by atoms with Gasteiger partial charge in [-0.2, -0.15) is 5.26 Å². The maximum Gasteiger partial charge on any atom is 0.214 e. The van der Waals surface area contributed by atoms with Gasteiger partial charge in [-0.3, -0.25) is 4.98 Å². The molecular formula is C10H13N3OS. The molecule has 1 rings (SSSR count). The molecule has 15 heavy (non-hydrogen) atoms. The fraction of sp³-hybridized carbons (Fsp3) is 0.400. The topological polar surface area (TPSA) is 66.1 Å². The third-order valence-electron chi connectivity index (χ3n) is 2.28. The quantitative estimate of drug-likeness (QED) is 0.720. The molecule has 0 amide bonds. The standard InChI is InChI=1S/C10H13N3OS/c1-8-4-5-10(6-12-8)9(2)15(3,14)13-7-11/h4-6,9H,1-3H3/t9-,15?/m0/s1. The zero-order valence-corrected chi connectivity index (χ0v) is 9.78. The van der Waals surface area contributed by atoms with E-state index in [4.69, 9.17) is 5.26 Å². The Morgan fingerprint density at radius 2 is 2.27 bits per heavy atom. The molecule has 1 heterocycles. The molecule has 0 bridgehead atoms. The predicted octanol–water partition coefficient (Wildman–Crippen LogP) is 2.03. The third-order valence-corrected chi connectivity index (χ3v) is 4.31. The van der Waals surface area contributed by atoms with Crippen molar-refractivity contribution in [3.8, 4) is 6.19 Å². The average molecular weight is 223 g/mol. The van der Waals surface area contributed by atoms with Gasteiger partial charge in [0.25, 0.3) is 0 Å². The molecule has 2 atom stereocenters. The summed E-state index contributed by atoms with van der Waals surface area (Å²) in [7, 11) is -2.50. The van der Waals surface area contributed by atoms with Crippen molar-refractivity contribution in [3.05, 3.63) is 29.6 Å². The van der Waals surface area contributed by atoms with Gasteiger partial charge in [-0.25, -0.2) is 4.21 Å². The lowest BCUT2D eigenvalue weighted by Crippen LogP contribution is -2.07. The van der Waals surface area contributed by atoms with Gasteiger partial charge in [-0.05, 0) is 25.5 Å². The number of pyridine rings is 1. The molecule has 0 aliphatic carbocycles. The molecule has 1 aromatic rings. The summed E-state index contributed by atoms with van der Waals surface area (Å²) in [5, 5.41) is 8.14. The van der Waals surface area contributed by atoms with Gasteiger partial charge in [0.2, 0.25) is 6.19 Å². The van der Waals surface area contributed by atoms with E-state index in [2.05, 4.69) is 9.35 Å². The fourth-order valence-electron chi connectivity index (χ4n) is 1.13. The summed E-state index contributed by atoms with van der Waals surface area (Å²) in [5.74, 6) is 0. The lowest BCUT2D eigenvalue weighted by molar-refractivity contribution is 0.673. The molecule has 1 unspecified atom stereocenters. The van der Waals surface area contributed by atoms with Crippen LogP contribution >= 0.6 is 0 Å². The number of nitrogens with zero attached hydrogens (tertiary/aromatic N) is 3. The molecule has 80 valence electrons. The second kappa shape index (κ2) is 4.41. The maximum atomic E-state index is 12.0. The minimum atomic E-state index is -2.50. The van der Waals surface area contributed by atoms with E-state index >= 15 is 0 Å². The fourth-order valence-corrected chi connectivity index (χ4v) is 2.10. The molecule has 0 aliphatic heterocycles. The van der Waals surface area contributed by atoms with Gasteiger partial charge in [0.1, 0.15) is 0 Å². The predicted molar refractivity (Wildman–Crippen MR) is 59.5 cm³/mol. The van der Waals surface area contributed by atoms with Crippen LogP contribution in [0.15, 0.2) is 22.7 Å². The third kappa shape index (κ3) is 2.77. The summed E-state index contributed by atoms with van der Waals surface area (Å²) in [6.45, 7) is 3.67. The average Bonchev–Trinajstić information content (AvgIpc) is 2.18. The van der Waals surface area contributed by atoms with Crippen molar-refractivity contribution in [2.45, 2.75) is 19.1 Å². The number of hydrogen-bond acceptors (Lipinski definition) is 4. The number of aromatic nitrogens is 1. The smallest absolute Gasteiger partial charge is 0.214 e. The Balaban J connectivity index is 3.12. The first-order valence-corrected chi connectivity index (χ1v) is 6.47. The van der Waals surface area contributed by atoms with Crippen molar-refractivity contribution >= 4 is 9.73 Å². The molecular weight excluding hydrogens is 210 g/mol. The van der Waals surface area contributed by atoms with Gasteiger partial charge >= 0.3 is 0 Å². The van der Waals surface area contributed by atoms with Gasteiger partial charge in [0, 0.05) is 18.1 Å². The van der Waals surface area contributed by atoms with E-state index in [0.29, 0.717) is 0 Å². The van der Waals surface area contributed by atoms with Crippen molar-refractivity contribution in [1.82, 2.24) is 4.98 Å². The van der Waals surface area contributed by atoms with E-state index < -0.39 is 9.73 Å². The van der Waals surface area contributed by atoms with Crippen LogP contribution < -0.4 is 0 Å². The molecule has 0 saturated carbocycles. The normalized spacial score (nSPS) is 16.1. The van der Waals surface area contributed by atoms with E-state index in [1.54, 1.807) is 19.3 Å². The summed E-state index contributed by atoms with van der Waals surface area (Å²) in [5.41, 5.74) is 1.75. The first-order chi connectivity index (χ1) is 6.97.